The third kappa shape index (κ3) is 1.46. The molecule has 0 aliphatic carbocycles. The van der Waals surface area contributed by atoms with E-state index in [1.54, 1.807) is 0 Å². The zero-order chi connectivity index (χ0) is 10.3. The number of fused-ring (bicyclic) bond motifs is 3. The molecule has 0 spiro atoms. The predicted octanol–water partition coefficient (Wildman–Crippen LogP) is 3.17. The Morgan fingerprint density at radius 1 is 1.47 bits per heavy atom. The lowest BCUT2D eigenvalue weighted by molar-refractivity contribution is 0.448. The van der Waals surface area contributed by atoms with Gasteiger partial charge in [-0.1, -0.05) is 37.2 Å². The van der Waals surface area contributed by atoms with Crippen LogP contribution in [0.25, 0.3) is 11.0 Å². The van der Waals surface area contributed by atoms with Gasteiger partial charge in [-0.15, -0.1) is 0 Å². The molecule has 1 aliphatic rings. The molecule has 0 radical (unpaired) electrons. The van der Waals surface area contributed by atoms with Gasteiger partial charge in [0.25, 0.3) is 0 Å². The first kappa shape index (κ1) is 9.28. The first-order chi connectivity index (χ1) is 7.38. The second-order valence-corrected chi connectivity index (χ2v) is 5.07. The topological polar surface area (TPSA) is 17.8 Å². The number of thioether (sulfide) groups is 1. The van der Waals surface area contributed by atoms with Gasteiger partial charge in [0.05, 0.1) is 11.0 Å². The van der Waals surface area contributed by atoms with Gasteiger partial charge in [0.1, 0.15) is 0 Å². The smallest absolute Gasteiger partial charge is 0.169 e. The number of hydrogen-bond donors (Lipinski definition) is 0. The number of imidazole rings is 1. The van der Waals surface area contributed by atoms with E-state index in [4.69, 9.17) is 0 Å². The van der Waals surface area contributed by atoms with Crippen molar-refractivity contribution in [1.82, 2.24) is 9.55 Å². The van der Waals surface area contributed by atoms with Crippen LogP contribution in [0.1, 0.15) is 13.3 Å². The molecule has 2 nitrogen and oxygen atoms in total. The third-order valence-corrected chi connectivity index (χ3v) is 4.29. The fraction of sp³-hybridized carbons (Fsp3) is 0.417. The van der Waals surface area contributed by atoms with Crippen LogP contribution in [-0.2, 0) is 6.54 Å². The molecule has 1 aromatic carbocycles. The Morgan fingerprint density at radius 3 is 3.20 bits per heavy atom. The van der Waals surface area contributed by atoms with Crippen molar-refractivity contribution < 1.29 is 0 Å². The normalized spacial score (nSPS) is 20.5. The molecule has 0 amide bonds. The van der Waals surface area contributed by atoms with Crippen LogP contribution in [0.2, 0.25) is 0 Å². The average Bonchev–Trinajstić information content (AvgIpc) is 2.66. The van der Waals surface area contributed by atoms with Crippen LogP contribution in [0.5, 0.6) is 0 Å². The maximum Gasteiger partial charge on any atom is 0.169 e. The lowest BCUT2D eigenvalue weighted by Crippen LogP contribution is -2.18. The molecule has 3 heteroatoms. The monoisotopic (exact) mass is 218 g/mol. The Balaban J connectivity index is 2.14. The van der Waals surface area contributed by atoms with Crippen molar-refractivity contribution in [3.63, 3.8) is 0 Å². The van der Waals surface area contributed by atoms with Crippen molar-refractivity contribution >= 4 is 22.8 Å². The summed E-state index contributed by atoms with van der Waals surface area (Å²) in [6.45, 7) is 3.41. The minimum Gasteiger partial charge on any atom is -0.319 e. The SMILES string of the molecule is CCC1CSc2nc3ccccc3n2C1. The highest BCUT2D eigenvalue weighted by Crippen LogP contribution is 2.32. The van der Waals surface area contributed by atoms with Crippen LogP contribution >= 0.6 is 11.8 Å². The molecular weight excluding hydrogens is 204 g/mol. The van der Waals surface area contributed by atoms with Gasteiger partial charge >= 0.3 is 0 Å². The lowest BCUT2D eigenvalue weighted by atomic mass is 10.1. The number of hydrogen-bond acceptors (Lipinski definition) is 2. The molecule has 0 N–H and O–H groups in total. The molecule has 2 aromatic rings. The molecule has 0 saturated carbocycles. The van der Waals surface area contributed by atoms with E-state index in [0.29, 0.717) is 0 Å². The highest BCUT2D eigenvalue weighted by atomic mass is 32.2. The summed E-state index contributed by atoms with van der Waals surface area (Å²) < 4.78 is 2.37. The van der Waals surface area contributed by atoms with Crippen LogP contribution in [0, 0.1) is 5.92 Å². The van der Waals surface area contributed by atoms with Crippen molar-refractivity contribution in [3.05, 3.63) is 24.3 Å². The molecule has 3 rings (SSSR count). The fourth-order valence-electron chi connectivity index (χ4n) is 2.09. The number of rotatable bonds is 1. The number of benzene rings is 1. The summed E-state index contributed by atoms with van der Waals surface area (Å²) in [5.41, 5.74) is 2.43. The van der Waals surface area contributed by atoms with Crippen molar-refractivity contribution in [3.8, 4) is 0 Å². The summed E-state index contributed by atoms with van der Waals surface area (Å²) in [5, 5.41) is 1.20. The molecule has 15 heavy (non-hydrogen) atoms. The Morgan fingerprint density at radius 2 is 2.33 bits per heavy atom. The van der Waals surface area contributed by atoms with E-state index >= 15 is 0 Å². The predicted molar refractivity (Wildman–Crippen MR) is 64.2 cm³/mol. The van der Waals surface area contributed by atoms with Crippen molar-refractivity contribution in [2.75, 3.05) is 5.75 Å². The molecule has 0 fully saturated rings. The Bertz CT molecular complexity index is 489. The Labute approximate surface area is 93.7 Å². The highest BCUT2D eigenvalue weighted by Gasteiger charge is 2.20. The molecular formula is C12H14N2S. The van der Waals surface area contributed by atoms with Gasteiger partial charge in [0, 0.05) is 12.3 Å². The quantitative estimate of drug-likeness (QED) is 0.731. The summed E-state index contributed by atoms with van der Waals surface area (Å²) in [5.74, 6) is 2.03. The van der Waals surface area contributed by atoms with Gasteiger partial charge in [0.15, 0.2) is 5.16 Å². The van der Waals surface area contributed by atoms with Gasteiger partial charge in [-0.2, -0.15) is 0 Å². The van der Waals surface area contributed by atoms with Crippen LogP contribution in [0.4, 0.5) is 0 Å². The maximum absolute atomic E-state index is 4.65. The minimum absolute atomic E-state index is 0.806. The second kappa shape index (κ2) is 3.56. The maximum atomic E-state index is 4.65. The molecule has 1 aromatic heterocycles. The zero-order valence-corrected chi connectivity index (χ0v) is 9.63. The summed E-state index contributed by atoms with van der Waals surface area (Å²) in [7, 11) is 0. The van der Waals surface area contributed by atoms with Crippen LogP contribution < -0.4 is 0 Å². The highest BCUT2D eigenvalue weighted by molar-refractivity contribution is 7.99. The largest absolute Gasteiger partial charge is 0.319 e. The summed E-state index contributed by atoms with van der Waals surface area (Å²) in [6, 6.07) is 8.42. The van der Waals surface area contributed by atoms with E-state index in [0.717, 1.165) is 18.0 Å². The number of aromatic nitrogens is 2. The van der Waals surface area contributed by atoms with E-state index in [2.05, 4.69) is 40.7 Å². The van der Waals surface area contributed by atoms with Crippen LogP contribution in [0.15, 0.2) is 29.4 Å². The van der Waals surface area contributed by atoms with E-state index in [1.807, 2.05) is 11.8 Å². The molecule has 1 unspecified atom stereocenters. The molecule has 1 aliphatic heterocycles. The molecule has 1 atom stereocenters. The van der Waals surface area contributed by atoms with Gasteiger partial charge in [-0.25, -0.2) is 4.98 Å². The van der Waals surface area contributed by atoms with Crippen molar-refractivity contribution in [2.24, 2.45) is 5.92 Å². The zero-order valence-electron chi connectivity index (χ0n) is 8.81. The molecule has 0 bridgehead atoms. The van der Waals surface area contributed by atoms with E-state index in [-0.39, 0.29) is 0 Å². The van der Waals surface area contributed by atoms with Crippen molar-refractivity contribution in [1.29, 1.82) is 0 Å². The second-order valence-electron chi connectivity index (χ2n) is 4.08. The van der Waals surface area contributed by atoms with Gasteiger partial charge < -0.3 is 4.57 Å². The van der Waals surface area contributed by atoms with Gasteiger partial charge in [-0.05, 0) is 18.1 Å². The molecule has 0 saturated heterocycles. The Kier molecular flexibility index (Phi) is 2.20. The first-order valence-corrected chi connectivity index (χ1v) is 6.45. The molecule has 2 heterocycles. The summed E-state index contributed by atoms with van der Waals surface area (Å²) >= 11 is 1.90. The Hall–Kier alpha value is -0.960. The average molecular weight is 218 g/mol. The minimum atomic E-state index is 0.806. The van der Waals surface area contributed by atoms with Crippen molar-refractivity contribution in [2.45, 2.75) is 25.0 Å². The summed E-state index contributed by atoms with van der Waals surface area (Å²) in [6.07, 6.45) is 1.26. The lowest BCUT2D eigenvalue weighted by Gasteiger charge is -2.22. The standard InChI is InChI=1S/C12H14N2S/c1-2-9-7-14-11-6-4-3-5-10(11)13-12(14)15-8-9/h3-6,9H,2,7-8H2,1H3. The van der Waals surface area contributed by atoms with Gasteiger partial charge in [-0.3, -0.25) is 0 Å². The third-order valence-electron chi connectivity index (χ3n) is 3.09. The number of nitrogens with zero attached hydrogens (tertiary/aromatic N) is 2. The fourth-order valence-corrected chi connectivity index (χ4v) is 3.31. The van der Waals surface area contributed by atoms with E-state index in [1.165, 1.54) is 22.8 Å². The van der Waals surface area contributed by atoms with Crippen LogP contribution in [-0.4, -0.2) is 15.3 Å². The van der Waals surface area contributed by atoms with Crippen LogP contribution in [0.3, 0.4) is 0 Å². The van der Waals surface area contributed by atoms with E-state index < -0.39 is 0 Å². The molecule has 78 valence electrons. The van der Waals surface area contributed by atoms with E-state index in [9.17, 15) is 0 Å². The number of para-hydroxylation sites is 2. The first-order valence-electron chi connectivity index (χ1n) is 5.46. The summed E-state index contributed by atoms with van der Waals surface area (Å²) in [4.78, 5) is 4.65. The van der Waals surface area contributed by atoms with Gasteiger partial charge in [0.2, 0.25) is 0 Å².